The minimum absolute atomic E-state index is 0.0437. The van der Waals surface area contributed by atoms with Crippen LogP contribution in [0.5, 0.6) is 5.75 Å². The van der Waals surface area contributed by atoms with Crippen molar-refractivity contribution in [3.63, 3.8) is 0 Å². The molecule has 9 heteroatoms. The van der Waals surface area contributed by atoms with Crippen LogP contribution in [0.3, 0.4) is 0 Å². The lowest BCUT2D eigenvalue weighted by Crippen LogP contribution is -2.08. The molecule has 0 saturated carbocycles. The molecule has 3 aromatic carbocycles. The number of hydrogen-bond donors (Lipinski definition) is 3. The highest BCUT2D eigenvalue weighted by Gasteiger charge is 2.29. The van der Waals surface area contributed by atoms with Crippen molar-refractivity contribution in [2.24, 2.45) is 0 Å². The Morgan fingerprint density at radius 3 is 1.53 bits per heavy atom. The predicted octanol–water partition coefficient (Wildman–Crippen LogP) is 7.45. The fourth-order valence-corrected chi connectivity index (χ4v) is 4.95. The molecule has 0 saturated heterocycles. The molecule has 0 aliphatic carbocycles. The first-order chi connectivity index (χ1) is 17.9. The van der Waals surface area contributed by atoms with Gasteiger partial charge in [-0.1, -0.05) is 59.6 Å². The molecule has 2 aromatic heterocycles. The topological polar surface area (TPSA) is 85.9 Å². The second-order valence-electron chi connectivity index (χ2n) is 9.16. The first-order valence-corrected chi connectivity index (χ1v) is 16.4. The molecule has 0 bridgehead atoms. The van der Waals surface area contributed by atoms with E-state index in [-0.39, 0.29) is 16.7 Å². The quantitative estimate of drug-likeness (QED) is 0.204. The minimum atomic E-state index is -0.611. The van der Waals surface area contributed by atoms with E-state index in [9.17, 15) is 13.5 Å². The van der Waals surface area contributed by atoms with Gasteiger partial charge in [0.25, 0.3) is 0 Å². The molecule has 0 radical (unpaired) electrons. The van der Waals surface area contributed by atoms with Crippen molar-refractivity contribution in [2.45, 2.75) is 19.8 Å². The Labute approximate surface area is 238 Å². The third-order valence-electron chi connectivity index (χ3n) is 5.95. The zero-order chi connectivity index (χ0) is 28.1. The maximum Gasteiger partial charge on any atom is 0.138 e. The average Bonchev–Trinajstić information content (AvgIpc) is 3.34. The summed E-state index contributed by atoms with van der Waals surface area (Å²) in [7, 11) is -1.22. The molecule has 0 aliphatic rings. The minimum Gasteiger partial charge on any atom is -0.506 e. The van der Waals surface area contributed by atoms with Crippen LogP contribution in [0.25, 0.3) is 21.8 Å². The number of aromatic nitrogens is 2. The van der Waals surface area contributed by atoms with Crippen LogP contribution in [0.15, 0.2) is 60.7 Å². The SMILES string of the molecule is CS(C)=O.CS(C)=O.Cc1c(C(c2cc(Cl)cc(Cl)c2O)c2[nH]c3ccccc3c2C)[nH]c2ccccc12. The largest absolute Gasteiger partial charge is 0.506 e. The zero-order valence-corrected chi connectivity index (χ0v) is 25.3. The number of aromatic hydroxyl groups is 1. The van der Waals surface area contributed by atoms with Crippen LogP contribution in [-0.2, 0) is 21.6 Å². The van der Waals surface area contributed by atoms with E-state index < -0.39 is 21.6 Å². The first-order valence-electron chi connectivity index (χ1n) is 11.7. The van der Waals surface area contributed by atoms with Crippen molar-refractivity contribution in [1.29, 1.82) is 0 Å². The molecule has 3 N–H and O–H groups in total. The lowest BCUT2D eigenvalue weighted by molar-refractivity contribution is 0.467. The van der Waals surface area contributed by atoms with Crippen LogP contribution in [0.1, 0.15) is 34.0 Å². The first kappa shape index (κ1) is 30.0. The van der Waals surface area contributed by atoms with Gasteiger partial charge in [-0.15, -0.1) is 0 Å². The summed E-state index contributed by atoms with van der Waals surface area (Å²) in [5, 5.41) is 14.0. The highest BCUT2D eigenvalue weighted by molar-refractivity contribution is 7.83. The third kappa shape index (κ3) is 6.89. The lowest BCUT2D eigenvalue weighted by Gasteiger charge is -2.20. The van der Waals surface area contributed by atoms with Crippen LogP contribution >= 0.6 is 23.2 Å². The van der Waals surface area contributed by atoms with E-state index in [4.69, 9.17) is 23.2 Å². The van der Waals surface area contributed by atoms with Gasteiger partial charge in [-0.25, -0.2) is 0 Å². The number of nitrogens with one attached hydrogen (secondary N) is 2. The van der Waals surface area contributed by atoms with E-state index in [1.165, 1.54) is 0 Å². The van der Waals surface area contributed by atoms with Crippen LogP contribution in [-0.4, -0.2) is 48.5 Å². The van der Waals surface area contributed by atoms with E-state index >= 15 is 0 Å². The summed E-state index contributed by atoms with van der Waals surface area (Å²) in [5.74, 6) is -0.247. The van der Waals surface area contributed by atoms with Gasteiger partial charge in [-0.2, -0.15) is 0 Å². The highest BCUT2D eigenvalue weighted by atomic mass is 35.5. The molecule has 0 spiro atoms. The third-order valence-corrected chi connectivity index (χ3v) is 6.46. The highest BCUT2D eigenvalue weighted by Crippen LogP contribution is 2.45. The summed E-state index contributed by atoms with van der Waals surface area (Å²) in [6, 6.07) is 19.8. The van der Waals surface area contributed by atoms with Gasteiger partial charge in [0.15, 0.2) is 0 Å². The Morgan fingerprint density at radius 2 is 1.13 bits per heavy atom. The number of aryl methyl sites for hydroxylation is 2. The summed E-state index contributed by atoms with van der Waals surface area (Å²) in [5.41, 5.74) is 7.02. The van der Waals surface area contributed by atoms with Crippen molar-refractivity contribution >= 4 is 66.6 Å². The van der Waals surface area contributed by atoms with Gasteiger partial charge in [0.05, 0.1) is 10.9 Å². The maximum absolute atomic E-state index is 10.9. The second-order valence-corrected chi connectivity index (χ2v) is 13.0. The maximum atomic E-state index is 10.9. The number of H-pyrrole nitrogens is 2. The van der Waals surface area contributed by atoms with Gasteiger partial charge in [0.2, 0.25) is 0 Å². The Hall–Kier alpha value is -2.58. The fourth-order valence-electron chi connectivity index (χ4n) is 4.44. The van der Waals surface area contributed by atoms with Crippen LogP contribution in [0, 0.1) is 13.8 Å². The van der Waals surface area contributed by atoms with Crippen LogP contribution in [0.4, 0.5) is 0 Å². The molecule has 5 nitrogen and oxygen atoms in total. The molecule has 5 rings (SSSR count). The zero-order valence-electron chi connectivity index (χ0n) is 22.2. The van der Waals surface area contributed by atoms with Gasteiger partial charge in [-0.05, 0) is 49.2 Å². The van der Waals surface area contributed by atoms with Crippen molar-refractivity contribution in [3.05, 3.63) is 98.8 Å². The number of fused-ring (bicyclic) bond motifs is 2. The van der Waals surface area contributed by atoms with Gasteiger partial charge < -0.3 is 15.1 Å². The summed E-state index contributed by atoms with van der Waals surface area (Å²) in [6.07, 6.45) is 6.56. The number of halogens is 2. The number of para-hydroxylation sites is 2. The Bertz CT molecular complexity index is 1530. The molecule has 0 fully saturated rings. The van der Waals surface area contributed by atoms with Crippen molar-refractivity contribution in [2.75, 3.05) is 25.0 Å². The van der Waals surface area contributed by atoms with E-state index in [0.717, 1.165) is 44.3 Å². The molecule has 2 heterocycles. The number of hydrogen-bond acceptors (Lipinski definition) is 3. The lowest BCUT2D eigenvalue weighted by atomic mass is 9.87. The molecule has 5 aromatic rings. The summed E-state index contributed by atoms with van der Waals surface area (Å²) < 4.78 is 19.1. The van der Waals surface area contributed by atoms with Crippen molar-refractivity contribution < 1.29 is 13.5 Å². The van der Waals surface area contributed by atoms with Crippen LogP contribution in [0.2, 0.25) is 10.0 Å². The Kier molecular flexibility index (Phi) is 10.2. The average molecular weight is 592 g/mol. The monoisotopic (exact) mass is 590 g/mol. The molecule has 0 amide bonds. The van der Waals surface area contributed by atoms with Crippen molar-refractivity contribution in [1.82, 2.24) is 9.97 Å². The van der Waals surface area contributed by atoms with Crippen LogP contribution < -0.4 is 0 Å². The summed E-state index contributed by atoms with van der Waals surface area (Å²) >= 11 is 12.7. The molecule has 202 valence electrons. The fraction of sp³-hybridized carbons (Fsp3) is 0.241. The number of phenolic OH excluding ortho intramolecular Hbond substituents is 1. The van der Waals surface area contributed by atoms with Gasteiger partial charge >= 0.3 is 0 Å². The number of benzene rings is 3. The molecular weight excluding hydrogens is 559 g/mol. The van der Waals surface area contributed by atoms with Gasteiger partial charge in [0, 0.05) is 90.4 Å². The number of aromatic amines is 2. The van der Waals surface area contributed by atoms with E-state index in [2.05, 4.69) is 48.1 Å². The van der Waals surface area contributed by atoms with Gasteiger partial charge in [-0.3, -0.25) is 8.42 Å². The standard InChI is InChI=1S/C25H20Cl2N2O.2C2H6OS/c1-13-16-7-3-5-9-20(16)28-23(13)22(18-11-15(26)12-19(27)25(18)30)24-14(2)17-8-4-6-10-21(17)29-24;2*1-4(2)3/h3-12,22,28-30H,1-2H3;2*1-2H3. The van der Waals surface area contributed by atoms with E-state index in [0.29, 0.717) is 10.6 Å². The van der Waals surface area contributed by atoms with E-state index in [1.807, 2.05) is 24.3 Å². The number of phenols is 1. The van der Waals surface area contributed by atoms with Gasteiger partial charge in [0.1, 0.15) is 5.75 Å². The molecule has 38 heavy (non-hydrogen) atoms. The molecule has 0 unspecified atom stereocenters. The smallest absolute Gasteiger partial charge is 0.138 e. The summed E-state index contributed by atoms with van der Waals surface area (Å²) in [4.78, 5) is 7.16. The van der Waals surface area contributed by atoms with E-state index in [1.54, 1.807) is 37.2 Å². The predicted molar refractivity (Wildman–Crippen MR) is 165 cm³/mol. The molecule has 0 atom stereocenters. The molecule has 0 aliphatic heterocycles. The Morgan fingerprint density at radius 1 is 0.737 bits per heavy atom. The molecular formula is C29H32Cl2N2O3S2. The number of rotatable bonds is 3. The second kappa shape index (κ2) is 13.0. The Balaban J connectivity index is 0.000000443. The van der Waals surface area contributed by atoms with Crippen molar-refractivity contribution in [3.8, 4) is 5.75 Å². The normalized spacial score (nSPS) is 11.1. The summed E-state index contributed by atoms with van der Waals surface area (Å²) in [6.45, 7) is 4.20.